The smallest absolute Gasteiger partial charge is 0.0548 e. The minimum Gasteiger partial charge on any atom is -0.393 e. The van der Waals surface area contributed by atoms with Crippen LogP contribution in [0.25, 0.3) is 0 Å². The fourth-order valence-corrected chi connectivity index (χ4v) is 3.98. The van der Waals surface area contributed by atoms with Gasteiger partial charge in [0.15, 0.2) is 0 Å². The zero-order chi connectivity index (χ0) is 13.1. The molecule has 19 heavy (non-hydrogen) atoms. The Morgan fingerprint density at radius 2 is 1.74 bits per heavy atom. The van der Waals surface area contributed by atoms with Gasteiger partial charge in [-0.15, -0.1) is 0 Å². The lowest BCUT2D eigenvalue weighted by atomic mass is 9.74. The number of aliphatic hydroxyl groups excluding tert-OH is 1. The third-order valence-electron chi connectivity index (χ3n) is 5.10. The molecule has 2 atom stereocenters. The van der Waals surface area contributed by atoms with Crippen LogP contribution in [-0.2, 0) is 6.42 Å². The molecule has 0 saturated heterocycles. The standard InChI is InChI=1S/C18H26O/c19-17(11-14-7-3-1-2-4-8-14)13-16-12-15-9-5-6-10-18(15)16/h5-6,9-10,14,16-17,19H,1-4,7-8,11-13H2. The Labute approximate surface area is 117 Å². The maximum atomic E-state index is 10.4. The second-order valence-electron chi connectivity index (χ2n) is 6.58. The molecule has 1 aromatic carbocycles. The van der Waals surface area contributed by atoms with Crippen molar-refractivity contribution in [2.24, 2.45) is 5.92 Å². The van der Waals surface area contributed by atoms with Crippen LogP contribution in [0.5, 0.6) is 0 Å². The maximum absolute atomic E-state index is 10.4. The van der Waals surface area contributed by atoms with Gasteiger partial charge >= 0.3 is 0 Å². The fourth-order valence-electron chi connectivity index (χ4n) is 3.98. The Morgan fingerprint density at radius 3 is 2.47 bits per heavy atom. The lowest BCUT2D eigenvalue weighted by Crippen LogP contribution is -2.23. The van der Waals surface area contributed by atoms with E-state index < -0.39 is 0 Å². The molecule has 104 valence electrons. The van der Waals surface area contributed by atoms with Gasteiger partial charge in [-0.2, -0.15) is 0 Å². The van der Waals surface area contributed by atoms with E-state index in [9.17, 15) is 5.11 Å². The minimum absolute atomic E-state index is 0.0820. The molecule has 1 nitrogen and oxygen atoms in total. The van der Waals surface area contributed by atoms with E-state index in [1.54, 1.807) is 0 Å². The van der Waals surface area contributed by atoms with Crippen LogP contribution in [0.1, 0.15) is 68.4 Å². The molecule has 2 aliphatic rings. The number of benzene rings is 1. The lowest BCUT2D eigenvalue weighted by molar-refractivity contribution is 0.118. The Kier molecular flexibility index (Phi) is 4.22. The van der Waals surface area contributed by atoms with Crippen molar-refractivity contribution in [2.45, 2.75) is 69.8 Å². The second-order valence-corrected chi connectivity index (χ2v) is 6.58. The highest BCUT2D eigenvalue weighted by Crippen LogP contribution is 2.39. The molecule has 0 amide bonds. The Hall–Kier alpha value is -0.820. The quantitative estimate of drug-likeness (QED) is 0.792. The van der Waals surface area contributed by atoms with Gasteiger partial charge in [-0.25, -0.2) is 0 Å². The van der Waals surface area contributed by atoms with Crippen LogP contribution >= 0.6 is 0 Å². The lowest BCUT2D eigenvalue weighted by Gasteiger charge is -2.32. The van der Waals surface area contributed by atoms with Crippen molar-refractivity contribution in [3.63, 3.8) is 0 Å². The summed E-state index contributed by atoms with van der Waals surface area (Å²) >= 11 is 0. The molecule has 2 aliphatic carbocycles. The van der Waals surface area contributed by atoms with Gasteiger partial charge < -0.3 is 5.11 Å². The van der Waals surface area contributed by atoms with E-state index in [4.69, 9.17) is 0 Å². The van der Waals surface area contributed by atoms with Crippen LogP contribution < -0.4 is 0 Å². The predicted octanol–water partition coefficient (Wildman–Crippen LogP) is 4.44. The molecule has 0 spiro atoms. The van der Waals surface area contributed by atoms with Gasteiger partial charge in [0.25, 0.3) is 0 Å². The van der Waals surface area contributed by atoms with E-state index in [1.165, 1.54) is 56.1 Å². The van der Waals surface area contributed by atoms with Crippen LogP contribution in [0.15, 0.2) is 24.3 Å². The van der Waals surface area contributed by atoms with E-state index in [0.717, 1.165) is 18.8 Å². The molecule has 2 unspecified atom stereocenters. The van der Waals surface area contributed by atoms with Crippen molar-refractivity contribution in [1.82, 2.24) is 0 Å². The summed E-state index contributed by atoms with van der Waals surface area (Å²) < 4.78 is 0. The summed E-state index contributed by atoms with van der Waals surface area (Å²) in [4.78, 5) is 0. The number of aliphatic hydroxyl groups is 1. The molecule has 0 bridgehead atoms. The molecule has 0 heterocycles. The number of hydrogen-bond donors (Lipinski definition) is 1. The van der Waals surface area contributed by atoms with Crippen LogP contribution in [-0.4, -0.2) is 11.2 Å². The maximum Gasteiger partial charge on any atom is 0.0548 e. The summed E-state index contributed by atoms with van der Waals surface area (Å²) in [6.07, 6.45) is 11.4. The zero-order valence-electron chi connectivity index (χ0n) is 11.9. The van der Waals surface area contributed by atoms with Crippen molar-refractivity contribution < 1.29 is 5.11 Å². The van der Waals surface area contributed by atoms with Gasteiger partial charge in [0.1, 0.15) is 0 Å². The highest BCUT2D eigenvalue weighted by atomic mass is 16.3. The molecule has 1 heteroatoms. The van der Waals surface area contributed by atoms with Crippen molar-refractivity contribution in [3.05, 3.63) is 35.4 Å². The Balaban J connectivity index is 1.48. The SMILES string of the molecule is OC(CC1CCCCCC1)CC1Cc2ccccc21. The number of fused-ring (bicyclic) bond motifs is 1. The van der Waals surface area contributed by atoms with Crippen LogP contribution in [0.3, 0.4) is 0 Å². The summed E-state index contributed by atoms with van der Waals surface area (Å²) in [6.45, 7) is 0. The van der Waals surface area contributed by atoms with Crippen molar-refractivity contribution in [3.8, 4) is 0 Å². The normalized spacial score (nSPS) is 25.2. The minimum atomic E-state index is -0.0820. The van der Waals surface area contributed by atoms with E-state index in [0.29, 0.717) is 5.92 Å². The molecule has 1 aromatic rings. The average molecular weight is 258 g/mol. The Morgan fingerprint density at radius 1 is 1.00 bits per heavy atom. The largest absolute Gasteiger partial charge is 0.393 e. The van der Waals surface area contributed by atoms with E-state index in [-0.39, 0.29) is 6.10 Å². The predicted molar refractivity (Wildman–Crippen MR) is 79.3 cm³/mol. The zero-order valence-corrected chi connectivity index (χ0v) is 11.9. The van der Waals surface area contributed by atoms with Crippen molar-refractivity contribution in [2.75, 3.05) is 0 Å². The van der Waals surface area contributed by atoms with Crippen LogP contribution in [0.4, 0.5) is 0 Å². The van der Waals surface area contributed by atoms with Gasteiger partial charge in [-0.1, -0.05) is 62.8 Å². The first-order valence-electron chi connectivity index (χ1n) is 8.09. The molecule has 3 rings (SSSR count). The summed E-state index contributed by atoms with van der Waals surface area (Å²) in [5, 5.41) is 10.4. The highest BCUT2D eigenvalue weighted by Gasteiger charge is 2.28. The Bertz CT molecular complexity index is 404. The summed E-state index contributed by atoms with van der Waals surface area (Å²) in [7, 11) is 0. The number of hydrogen-bond acceptors (Lipinski definition) is 1. The molecule has 1 N–H and O–H groups in total. The molecule has 0 aliphatic heterocycles. The third-order valence-corrected chi connectivity index (χ3v) is 5.10. The molecular formula is C18H26O. The van der Waals surface area contributed by atoms with Crippen molar-refractivity contribution >= 4 is 0 Å². The molecular weight excluding hydrogens is 232 g/mol. The van der Waals surface area contributed by atoms with E-state index in [1.807, 2.05) is 0 Å². The molecule has 1 saturated carbocycles. The van der Waals surface area contributed by atoms with Crippen LogP contribution in [0.2, 0.25) is 0 Å². The van der Waals surface area contributed by atoms with Crippen molar-refractivity contribution in [1.29, 1.82) is 0 Å². The second kappa shape index (κ2) is 6.09. The third kappa shape index (κ3) is 3.20. The highest BCUT2D eigenvalue weighted by molar-refractivity contribution is 5.39. The molecule has 1 fully saturated rings. The first kappa shape index (κ1) is 13.2. The molecule has 0 aromatic heterocycles. The van der Waals surface area contributed by atoms with E-state index in [2.05, 4.69) is 24.3 Å². The summed E-state index contributed by atoms with van der Waals surface area (Å²) in [5.74, 6) is 1.41. The van der Waals surface area contributed by atoms with Gasteiger partial charge in [0.05, 0.1) is 6.10 Å². The monoisotopic (exact) mass is 258 g/mol. The first-order valence-corrected chi connectivity index (χ1v) is 8.09. The average Bonchev–Trinajstić information content (AvgIpc) is 2.65. The summed E-state index contributed by atoms with van der Waals surface area (Å²) in [6, 6.07) is 8.71. The first-order chi connectivity index (χ1) is 9.33. The van der Waals surface area contributed by atoms with Gasteiger partial charge in [0, 0.05) is 0 Å². The van der Waals surface area contributed by atoms with Gasteiger partial charge in [-0.3, -0.25) is 0 Å². The molecule has 0 radical (unpaired) electrons. The van der Waals surface area contributed by atoms with Crippen LogP contribution in [0, 0.1) is 5.92 Å². The summed E-state index contributed by atoms with van der Waals surface area (Å²) in [5.41, 5.74) is 2.98. The van der Waals surface area contributed by atoms with Gasteiger partial charge in [-0.05, 0) is 42.2 Å². The number of rotatable bonds is 4. The topological polar surface area (TPSA) is 20.2 Å². The van der Waals surface area contributed by atoms with Gasteiger partial charge in [0.2, 0.25) is 0 Å². The fraction of sp³-hybridized carbons (Fsp3) is 0.667. The van der Waals surface area contributed by atoms with E-state index >= 15 is 0 Å².